The molecule has 0 radical (unpaired) electrons. The van der Waals surface area contributed by atoms with E-state index in [-0.39, 0.29) is 39.8 Å². The predicted octanol–water partition coefficient (Wildman–Crippen LogP) is 3.53. The number of esters is 1. The van der Waals surface area contributed by atoms with Gasteiger partial charge in [0.05, 0.1) is 11.4 Å². The van der Waals surface area contributed by atoms with Gasteiger partial charge in [-0.2, -0.15) is 0 Å². The summed E-state index contributed by atoms with van der Waals surface area (Å²) >= 11 is 0. The molecule has 8 nitrogen and oxygen atoms in total. The van der Waals surface area contributed by atoms with Crippen molar-refractivity contribution in [2.45, 2.75) is 6.92 Å². The van der Waals surface area contributed by atoms with Gasteiger partial charge in [-0.05, 0) is 42.5 Å². The molecule has 8 heteroatoms. The molecule has 4 N–H and O–H groups in total. The Labute approximate surface area is 171 Å². The summed E-state index contributed by atoms with van der Waals surface area (Å²) in [5, 5.41) is 24.7. The summed E-state index contributed by atoms with van der Waals surface area (Å²) in [6.07, 6.45) is 0. The van der Waals surface area contributed by atoms with Gasteiger partial charge in [0.25, 0.3) is 11.8 Å². The molecule has 0 aliphatic heterocycles. The van der Waals surface area contributed by atoms with Crippen LogP contribution >= 0.6 is 0 Å². The first-order chi connectivity index (χ1) is 14.3. The highest BCUT2D eigenvalue weighted by molar-refractivity contribution is 6.10. The number of amides is 2. The van der Waals surface area contributed by atoms with Crippen molar-refractivity contribution in [3.05, 3.63) is 77.9 Å². The molecule has 3 aromatic rings. The van der Waals surface area contributed by atoms with Gasteiger partial charge in [0, 0.05) is 18.1 Å². The molecule has 0 aliphatic rings. The zero-order valence-corrected chi connectivity index (χ0v) is 15.9. The summed E-state index contributed by atoms with van der Waals surface area (Å²) in [6, 6.07) is 16.2. The van der Waals surface area contributed by atoms with Crippen LogP contribution in [0, 0.1) is 0 Å². The third-order valence-electron chi connectivity index (χ3n) is 4.00. The van der Waals surface area contributed by atoms with E-state index in [0.29, 0.717) is 0 Å². The summed E-state index contributed by atoms with van der Waals surface area (Å²) in [6.45, 7) is 1.19. The molecule has 0 aliphatic carbocycles. The number of anilines is 2. The molecule has 3 rings (SSSR count). The Balaban J connectivity index is 1.92. The number of para-hydroxylation sites is 4. The second-order valence-corrected chi connectivity index (χ2v) is 6.28. The van der Waals surface area contributed by atoms with Gasteiger partial charge in [-0.15, -0.1) is 0 Å². The van der Waals surface area contributed by atoms with Crippen LogP contribution in [-0.2, 0) is 4.79 Å². The maximum absolute atomic E-state index is 12.7. The van der Waals surface area contributed by atoms with Crippen LogP contribution in [0.15, 0.2) is 66.7 Å². The summed E-state index contributed by atoms with van der Waals surface area (Å²) in [4.78, 5) is 36.7. The number of rotatable bonds is 5. The van der Waals surface area contributed by atoms with Crippen LogP contribution in [0.25, 0.3) is 0 Å². The van der Waals surface area contributed by atoms with Gasteiger partial charge in [-0.3, -0.25) is 14.4 Å². The van der Waals surface area contributed by atoms with Gasteiger partial charge in [0.2, 0.25) is 0 Å². The average Bonchev–Trinajstić information content (AvgIpc) is 2.70. The summed E-state index contributed by atoms with van der Waals surface area (Å²) < 4.78 is 5.05. The molecular formula is C22H18N2O6. The van der Waals surface area contributed by atoms with E-state index in [1.165, 1.54) is 49.4 Å². The van der Waals surface area contributed by atoms with Gasteiger partial charge >= 0.3 is 5.97 Å². The minimum Gasteiger partial charge on any atom is -0.506 e. The van der Waals surface area contributed by atoms with Crippen LogP contribution in [0.2, 0.25) is 0 Å². The zero-order chi connectivity index (χ0) is 21.7. The van der Waals surface area contributed by atoms with E-state index in [1.807, 2.05) is 0 Å². The summed E-state index contributed by atoms with van der Waals surface area (Å²) in [5.41, 5.74) is 0.417. The maximum atomic E-state index is 12.7. The molecule has 0 saturated heterocycles. The molecule has 0 atom stereocenters. The van der Waals surface area contributed by atoms with Crippen molar-refractivity contribution in [3.63, 3.8) is 0 Å². The molecular weight excluding hydrogens is 388 g/mol. The number of hydrogen-bond acceptors (Lipinski definition) is 6. The van der Waals surface area contributed by atoms with Crippen molar-refractivity contribution in [3.8, 4) is 17.2 Å². The van der Waals surface area contributed by atoms with Crippen molar-refractivity contribution in [2.24, 2.45) is 0 Å². The fourth-order valence-electron chi connectivity index (χ4n) is 2.63. The number of phenols is 2. The van der Waals surface area contributed by atoms with Crippen LogP contribution in [0.1, 0.15) is 27.6 Å². The van der Waals surface area contributed by atoms with E-state index in [0.717, 1.165) is 0 Å². The van der Waals surface area contributed by atoms with Gasteiger partial charge in [-0.1, -0.05) is 24.3 Å². The Hall–Kier alpha value is -4.33. The topological polar surface area (TPSA) is 125 Å². The van der Waals surface area contributed by atoms with Crippen LogP contribution < -0.4 is 15.4 Å². The molecule has 0 saturated carbocycles. The molecule has 0 spiro atoms. The Bertz CT molecular complexity index is 1050. The number of carbonyl (C=O) groups is 3. The number of hydrogen-bond donors (Lipinski definition) is 4. The molecule has 30 heavy (non-hydrogen) atoms. The van der Waals surface area contributed by atoms with Gasteiger partial charge in [-0.25, -0.2) is 0 Å². The number of benzene rings is 3. The predicted molar refractivity (Wildman–Crippen MR) is 110 cm³/mol. The first-order valence-corrected chi connectivity index (χ1v) is 8.85. The van der Waals surface area contributed by atoms with Crippen LogP contribution in [0.5, 0.6) is 17.2 Å². The number of nitrogens with one attached hydrogen (secondary N) is 2. The standard InChI is InChI=1S/C22H18N2O6/c1-13(25)30-16-11-14(21(28)23-17-6-2-4-8-19(17)26)10-15(12-16)22(29)24-18-7-3-5-9-20(18)27/h2-12,26-27H,1H3,(H,23,28)(H,24,29). The van der Waals surface area contributed by atoms with E-state index in [2.05, 4.69) is 10.6 Å². The lowest BCUT2D eigenvalue weighted by Gasteiger charge is -2.12. The normalized spacial score (nSPS) is 10.2. The van der Waals surface area contributed by atoms with Crippen LogP contribution in [-0.4, -0.2) is 28.0 Å². The lowest BCUT2D eigenvalue weighted by atomic mass is 10.1. The van der Waals surface area contributed by atoms with Gasteiger partial charge in [0.15, 0.2) is 0 Å². The smallest absolute Gasteiger partial charge is 0.308 e. The molecule has 152 valence electrons. The molecule has 2 amide bonds. The monoisotopic (exact) mass is 406 g/mol. The highest BCUT2D eigenvalue weighted by Gasteiger charge is 2.17. The molecule has 0 bridgehead atoms. The first kappa shape index (κ1) is 20.4. The first-order valence-electron chi connectivity index (χ1n) is 8.85. The molecule has 0 heterocycles. The third-order valence-corrected chi connectivity index (χ3v) is 4.00. The van der Waals surface area contributed by atoms with E-state index >= 15 is 0 Å². The fourth-order valence-corrected chi connectivity index (χ4v) is 2.63. The van der Waals surface area contributed by atoms with Crippen LogP contribution in [0.3, 0.4) is 0 Å². The van der Waals surface area contributed by atoms with Crippen LogP contribution in [0.4, 0.5) is 11.4 Å². The second-order valence-electron chi connectivity index (χ2n) is 6.28. The fraction of sp³-hybridized carbons (Fsp3) is 0.0455. The Morgan fingerprint density at radius 1 is 0.733 bits per heavy atom. The second kappa shape index (κ2) is 8.78. The number of ether oxygens (including phenoxy) is 1. The van der Waals surface area contributed by atoms with Crippen molar-refractivity contribution < 1.29 is 29.3 Å². The quantitative estimate of drug-likeness (QED) is 0.292. The highest BCUT2D eigenvalue weighted by atomic mass is 16.5. The van der Waals surface area contributed by atoms with Crippen molar-refractivity contribution in [1.82, 2.24) is 0 Å². The largest absolute Gasteiger partial charge is 0.506 e. The third kappa shape index (κ3) is 4.93. The van der Waals surface area contributed by atoms with E-state index < -0.39 is 17.8 Å². The minimum atomic E-state index is -0.625. The lowest BCUT2D eigenvalue weighted by Crippen LogP contribution is -2.16. The van der Waals surface area contributed by atoms with Crippen molar-refractivity contribution in [1.29, 1.82) is 0 Å². The summed E-state index contributed by atoms with van der Waals surface area (Å²) in [5.74, 6) is -2.13. The van der Waals surface area contributed by atoms with Gasteiger partial charge < -0.3 is 25.6 Å². The van der Waals surface area contributed by atoms with E-state index in [4.69, 9.17) is 4.74 Å². The number of aromatic hydroxyl groups is 2. The molecule has 0 aromatic heterocycles. The average molecular weight is 406 g/mol. The van der Waals surface area contributed by atoms with Gasteiger partial charge in [0.1, 0.15) is 17.2 Å². The Morgan fingerprint density at radius 2 is 1.17 bits per heavy atom. The van der Waals surface area contributed by atoms with Crippen molar-refractivity contribution in [2.75, 3.05) is 10.6 Å². The van der Waals surface area contributed by atoms with E-state index in [1.54, 1.807) is 24.3 Å². The minimum absolute atomic E-state index is 0.00475. The molecule has 0 fully saturated rings. The highest BCUT2D eigenvalue weighted by Crippen LogP contribution is 2.26. The maximum Gasteiger partial charge on any atom is 0.308 e. The van der Waals surface area contributed by atoms with Crippen molar-refractivity contribution >= 4 is 29.2 Å². The number of carbonyl (C=O) groups excluding carboxylic acids is 3. The summed E-state index contributed by atoms with van der Waals surface area (Å²) in [7, 11) is 0. The lowest BCUT2D eigenvalue weighted by molar-refractivity contribution is -0.131. The SMILES string of the molecule is CC(=O)Oc1cc(C(=O)Nc2ccccc2O)cc(C(=O)Nc2ccccc2O)c1. The zero-order valence-electron chi connectivity index (χ0n) is 15.9. The Morgan fingerprint density at radius 3 is 1.57 bits per heavy atom. The van der Waals surface area contributed by atoms with E-state index in [9.17, 15) is 24.6 Å². The molecule has 3 aromatic carbocycles. The number of phenolic OH excluding ortho intramolecular Hbond substituents is 2. The Kier molecular flexibility index (Phi) is 5.97. The molecule has 0 unspecified atom stereocenters.